The van der Waals surface area contributed by atoms with Gasteiger partial charge < -0.3 is 9.80 Å². The summed E-state index contributed by atoms with van der Waals surface area (Å²) >= 11 is 0. The topological polar surface area (TPSA) is 82.6 Å². The van der Waals surface area contributed by atoms with Crippen LogP contribution in [0.2, 0.25) is 0 Å². The van der Waals surface area contributed by atoms with Crippen LogP contribution in [0.4, 0.5) is 5.82 Å². The molecular weight excluding hydrogens is 376 g/mol. The zero-order valence-electron chi connectivity index (χ0n) is 16.3. The van der Waals surface area contributed by atoms with Crippen LogP contribution in [-0.2, 0) is 10.0 Å². The Kier molecular flexibility index (Phi) is 5.87. The van der Waals surface area contributed by atoms with Crippen LogP contribution in [0, 0.1) is 0 Å². The summed E-state index contributed by atoms with van der Waals surface area (Å²) in [7, 11) is -3.40. The van der Waals surface area contributed by atoms with Crippen LogP contribution in [0.25, 0.3) is 0 Å². The first kappa shape index (κ1) is 19.6. The third-order valence-electron chi connectivity index (χ3n) is 6.22. The number of carbonyl (C=O) groups is 1. The molecule has 0 radical (unpaired) electrons. The van der Waals surface area contributed by atoms with E-state index in [1.165, 1.54) is 12.8 Å². The number of aromatic nitrogens is 1. The molecule has 1 unspecified atom stereocenters. The molecular formula is C20H30N4O3S. The van der Waals surface area contributed by atoms with E-state index in [0.29, 0.717) is 24.9 Å². The molecule has 1 aromatic rings. The summed E-state index contributed by atoms with van der Waals surface area (Å²) in [5.41, 5.74) is 0.532. The average Bonchev–Trinajstić information content (AvgIpc) is 3.41. The molecule has 7 nitrogen and oxygen atoms in total. The Morgan fingerprint density at radius 3 is 2.43 bits per heavy atom. The Hall–Kier alpha value is -1.67. The maximum atomic E-state index is 12.9. The molecule has 154 valence electrons. The van der Waals surface area contributed by atoms with E-state index in [-0.39, 0.29) is 18.5 Å². The molecule has 0 bridgehead atoms. The summed E-state index contributed by atoms with van der Waals surface area (Å²) < 4.78 is 28.4. The number of hydrogen-bond acceptors (Lipinski definition) is 5. The summed E-state index contributed by atoms with van der Waals surface area (Å²) in [6.45, 7) is 2.89. The molecule has 1 aliphatic carbocycles. The van der Waals surface area contributed by atoms with E-state index in [1.54, 1.807) is 11.1 Å². The fourth-order valence-electron chi connectivity index (χ4n) is 4.58. The molecule has 3 aliphatic rings. The van der Waals surface area contributed by atoms with Crippen molar-refractivity contribution in [1.29, 1.82) is 0 Å². The van der Waals surface area contributed by atoms with Crippen molar-refractivity contribution in [3.63, 3.8) is 0 Å². The van der Waals surface area contributed by atoms with Crippen LogP contribution in [-0.4, -0.2) is 61.7 Å². The van der Waals surface area contributed by atoms with E-state index >= 15 is 0 Å². The lowest BCUT2D eigenvalue weighted by Crippen LogP contribution is -2.49. The molecule has 3 heterocycles. The van der Waals surface area contributed by atoms with Crippen molar-refractivity contribution in [3.05, 3.63) is 23.9 Å². The highest BCUT2D eigenvalue weighted by molar-refractivity contribution is 7.90. The number of rotatable bonds is 5. The molecule has 0 spiro atoms. The SMILES string of the molecule is O=C(c1ccc(N2CCCC2)nc1)N1CCCC(S(=O)(=O)NC2CCCC2)C1. The van der Waals surface area contributed by atoms with Gasteiger partial charge in [-0.3, -0.25) is 4.79 Å². The van der Waals surface area contributed by atoms with Crippen LogP contribution in [0.15, 0.2) is 18.3 Å². The second-order valence-electron chi connectivity index (χ2n) is 8.26. The third-order valence-corrected chi connectivity index (χ3v) is 8.14. The van der Waals surface area contributed by atoms with Gasteiger partial charge in [0.15, 0.2) is 0 Å². The number of carbonyl (C=O) groups excluding carboxylic acids is 1. The van der Waals surface area contributed by atoms with Crippen LogP contribution < -0.4 is 9.62 Å². The van der Waals surface area contributed by atoms with Gasteiger partial charge in [-0.2, -0.15) is 0 Å². The Balaban J connectivity index is 1.40. The van der Waals surface area contributed by atoms with Crippen molar-refractivity contribution in [3.8, 4) is 0 Å². The second kappa shape index (κ2) is 8.37. The van der Waals surface area contributed by atoms with Crippen molar-refractivity contribution >= 4 is 21.7 Å². The maximum Gasteiger partial charge on any atom is 0.255 e. The molecule has 3 fully saturated rings. The van der Waals surface area contributed by atoms with Crippen molar-refractivity contribution < 1.29 is 13.2 Å². The van der Waals surface area contributed by atoms with Gasteiger partial charge in [0, 0.05) is 38.4 Å². The third kappa shape index (κ3) is 4.33. The molecule has 28 heavy (non-hydrogen) atoms. The van der Waals surface area contributed by atoms with E-state index in [0.717, 1.165) is 44.6 Å². The average molecular weight is 407 g/mol. The van der Waals surface area contributed by atoms with Crippen molar-refractivity contribution in [2.45, 2.75) is 62.7 Å². The van der Waals surface area contributed by atoms with Crippen LogP contribution >= 0.6 is 0 Å². The molecule has 1 saturated carbocycles. The fourth-order valence-corrected chi connectivity index (χ4v) is 6.32. The summed E-state index contributed by atoms with van der Waals surface area (Å²) in [6, 6.07) is 3.79. The van der Waals surface area contributed by atoms with Crippen LogP contribution in [0.5, 0.6) is 0 Å². The molecule has 2 saturated heterocycles. The normalized spacial score (nSPS) is 24.1. The summed E-state index contributed by atoms with van der Waals surface area (Å²) in [6.07, 6.45) is 9.32. The van der Waals surface area contributed by atoms with E-state index < -0.39 is 15.3 Å². The molecule has 1 N–H and O–H groups in total. The lowest BCUT2D eigenvalue weighted by molar-refractivity contribution is 0.0726. The van der Waals surface area contributed by atoms with E-state index in [9.17, 15) is 13.2 Å². The van der Waals surface area contributed by atoms with Gasteiger partial charge in [0.05, 0.1) is 10.8 Å². The number of piperidine rings is 1. The highest BCUT2D eigenvalue weighted by atomic mass is 32.2. The Bertz CT molecular complexity index is 784. The van der Waals surface area contributed by atoms with Gasteiger partial charge in [-0.15, -0.1) is 0 Å². The fraction of sp³-hybridized carbons (Fsp3) is 0.700. The first-order chi connectivity index (χ1) is 13.5. The van der Waals surface area contributed by atoms with E-state index in [2.05, 4.69) is 14.6 Å². The standard InChI is InChI=1S/C20H30N4O3S/c25-20(16-9-10-19(21-14-16)23-11-3-4-12-23)24-13-5-8-18(15-24)28(26,27)22-17-6-1-2-7-17/h9-10,14,17-18,22H,1-8,11-13,15H2. The molecule has 1 aromatic heterocycles. The number of likely N-dealkylation sites (tertiary alicyclic amines) is 1. The summed E-state index contributed by atoms with van der Waals surface area (Å²) in [5.74, 6) is 0.787. The number of amides is 1. The smallest absolute Gasteiger partial charge is 0.255 e. The minimum absolute atomic E-state index is 0.0680. The van der Waals surface area contributed by atoms with Gasteiger partial charge in [0.2, 0.25) is 10.0 Å². The minimum Gasteiger partial charge on any atom is -0.357 e. The molecule has 8 heteroatoms. The monoisotopic (exact) mass is 406 g/mol. The van der Waals surface area contributed by atoms with Crippen LogP contribution in [0.1, 0.15) is 61.7 Å². The Morgan fingerprint density at radius 2 is 1.75 bits per heavy atom. The van der Waals surface area contributed by atoms with Gasteiger partial charge >= 0.3 is 0 Å². The van der Waals surface area contributed by atoms with E-state index in [4.69, 9.17) is 0 Å². The minimum atomic E-state index is -3.40. The van der Waals surface area contributed by atoms with Crippen LogP contribution in [0.3, 0.4) is 0 Å². The van der Waals surface area contributed by atoms with E-state index in [1.807, 2.05) is 12.1 Å². The number of anilines is 1. The highest BCUT2D eigenvalue weighted by Gasteiger charge is 2.34. The first-order valence-corrected chi connectivity index (χ1v) is 12.1. The first-order valence-electron chi connectivity index (χ1n) is 10.5. The quantitative estimate of drug-likeness (QED) is 0.810. The van der Waals surface area contributed by atoms with Gasteiger partial charge in [-0.1, -0.05) is 12.8 Å². The largest absolute Gasteiger partial charge is 0.357 e. The van der Waals surface area contributed by atoms with Crippen molar-refractivity contribution in [2.75, 3.05) is 31.1 Å². The Morgan fingerprint density at radius 1 is 1.00 bits per heavy atom. The Labute approximate surface area is 167 Å². The molecule has 2 aliphatic heterocycles. The molecule has 1 amide bonds. The van der Waals surface area contributed by atoms with Gasteiger partial charge in [0.25, 0.3) is 5.91 Å². The predicted octanol–water partition coefficient (Wildman–Crippen LogP) is 2.15. The molecule has 0 aromatic carbocycles. The number of sulfonamides is 1. The summed E-state index contributed by atoms with van der Waals surface area (Å²) in [5, 5.41) is -0.525. The maximum absolute atomic E-state index is 12.9. The molecule has 4 rings (SSSR count). The number of hydrogen-bond donors (Lipinski definition) is 1. The lowest BCUT2D eigenvalue weighted by atomic mass is 10.1. The number of nitrogens with zero attached hydrogens (tertiary/aromatic N) is 3. The second-order valence-corrected chi connectivity index (χ2v) is 10.3. The predicted molar refractivity (Wildman–Crippen MR) is 109 cm³/mol. The molecule has 1 atom stereocenters. The van der Waals surface area contributed by atoms with Gasteiger partial charge in [0.1, 0.15) is 5.82 Å². The lowest BCUT2D eigenvalue weighted by Gasteiger charge is -2.33. The zero-order valence-corrected chi connectivity index (χ0v) is 17.2. The number of pyridine rings is 1. The zero-order chi connectivity index (χ0) is 19.6. The number of nitrogens with one attached hydrogen (secondary N) is 1. The van der Waals surface area contributed by atoms with Crippen molar-refractivity contribution in [2.24, 2.45) is 0 Å². The highest BCUT2D eigenvalue weighted by Crippen LogP contribution is 2.23. The van der Waals surface area contributed by atoms with Crippen molar-refractivity contribution in [1.82, 2.24) is 14.6 Å². The van der Waals surface area contributed by atoms with Gasteiger partial charge in [-0.05, 0) is 50.7 Å². The van der Waals surface area contributed by atoms with Gasteiger partial charge in [-0.25, -0.2) is 18.1 Å². The summed E-state index contributed by atoms with van der Waals surface area (Å²) in [4.78, 5) is 21.3.